The molecular formula is C27H34N4O4S. The van der Waals surface area contributed by atoms with Gasteiger partial charge in [0.1, 0.15) is 6.54 Å². The smallest absolute Gasteiger partial charge is 0.264 e. The molecule has 1 aliphatic heterocycles. The Morgan fingerprint density at radius 1 is 1.22 bits per heavy atom. The van der Waals surface area contributed by atoms with Crippen molar-refractivity contribution in [2.75, 3.05) is 17.5 Å². The van der Waals surface area contributed by atoms with E-state index in [0.29, 0.717) is 36.5 Å². The number of anilines is 1. The van der Waals surface area contributed by atoms with Crippen molar-refractivity contribution in [2.24, 2.45) is 17.0 Å². The van der Waals surface area contributed by atoms with Crippen molar-refractivity contribution >= 4 is 26.6 Å². The summed E-state index contributed by atoms with van der Waals surface area (Å²) in [6, 6.07) is 10.9. The monoisotopic (exact) mass is 510 g/mol. The van der Waals surface area contributed by atoms with Gasteiger partial charge in [-0.2, -0.15) is 10.0 Å². The van der Waals surface area contributed by atoms with Crippen LogP contribution in [0.1, 0.15) is 44.0 Å². The summed E-state index contributed by atoms with van der Waals surface area (Å²) < 4.78 is 36.5. The zero-order valence-corrected chi connectivity index (χ0v) is 22.2. The number of aryl methyl sites for hydroxylation is 2. The third-order valence-electron chi connectivity index (χ3n) is 6.59. The van der Waals surface area contributed by atoms with Crippen LogP contribution < -0.4 is 4.31 Å². The van der Waals surface area contributed by atoms with Crippen molar-refractivity contribution < 1.29 is 13.2 Å². The first-order valence-electron chi connectivity index (χ1n) is 12.4. The topological polar surface area (TPSA) is 93.9 Å². The SMILES string of the molecule is CCc1ccc(N(CC(C)C)S(=O)(=O)c2ccc3c(c2)c(CN=O)nn3CC2C=COCC2)cc1C. The number of sulfonamides is 1. The van der Waals surface area contributed by atoms with Crippen molar-refractivity contribution in [2.45, 2.75) is 58.5 Å². The Kier molecular flexibility index (Phi) is 7.78. The lowest BCUT2D eigenvalue weighted by Gasteiger charge is -2.27. The van der Waals surface area contributed by atoms with Crippen LogP contribution in [0.5, 0.6) is 0 Å². The fraction of sp³-hybridized carbons (Fsp3) is 0.444. The van der Waals surface area contributed by atoms with Gasteiger partial charge in [0, 0.05) is 24.4 Å². The van der Waals surface area contributed by atoms with E-state index in [2.05, 4.69) is 17.2 Å². The number of hydrogen-bond donors (Lipinski definition) is 0. The molecule has 0 amide bonds. The molecule has 2 heterocycles. The summed E-state index contributed by atoms with van der Waals surface area (Å²) in [6.45, 7) is 9.59. The van der Waals surface area contributed by atoms with Gasteiger partial charge in [0.15, 0.2) is 0 Å². The quantitative estimate of drug-likeness (QED) is 0.332. The molecule has 0 fully saturated rings. The second kappa shape index (κ2) is 10.8. The highest BCUT2D eigenvalue weighted by Crippen LogP contribution is 2.31. The first-order chi connectivity index (χ1) is 17.2. The molecule has 0 bridgehead atoms. The average molecular weight is 511 g/mol. The van der Waals surface area contributed by atoms with Crippen molar-refractivity contribution in [1.82, 2.24) is 9.78 Å². The van der Waals surface area contributed by atoms with Crippen LogP contribution in [-0.2, 0) is 34.3 Å². The van der Waals surface area contributed by atoms with Gasteiger partial charge in [-0.05, 0) is 73.2 Å². The largest absolute Gasteiger partial charge is 0.501 e. The zero-order chi connectivity index (χ0) is 25.9. The summed E-state index contributed by atoms with van der Waals surface area (Å²) in [6.07, 6.45) is 5.46. The van der Waals surface area contributed by atoms with Gasteiger partial charge in [-0.25, -0.2) is 8.42 Å². The van der Waals surface area contributed by atoms with Gasteiger partial charge in [-0.1, -0.05) is 32.0 Å². The van der Waals surface area contributed by atoms with Gasteiger partial charge >= 0.3 is 0 Å². The Labute approximate surface area is 213 Å². The lowest BCUT2D eigenvalue weighted by Crippen LogP contribution is -2.34. The summed E-state index contributed by atoms with van der Waals surface area (Å²) in [5, 5.41) is 8.29. The Hall–Kier alpha value is -3.20. The number of ether oxygens (including phenoxy) is 1. The number of aromatic nitrogens is 2. The van der Waals surface area contributed by atoms with Crippen LogP contribution in [0.2, 0.25) is 0 Å². The zero-order valence-electron chi connectivity index (χ0n) is 21.3. The van der Waals surface area contributed by atoms with E-state index in [1.165, 1.54) is 9.87 Å². The number of benzene rings is 2. The van der Waals surface area contributed by atoms with Crippen LogP contribution >= 0.6 is 0 Å². The summed E-state index contributed by atoms with van der Waals surface area (Å²) in [7, 11) is -3.87. The standard InChI is InChI=1S/C27H34N4O4S/c1-5-22-6-7-23(14-20(22)4)31(17-19(2)3)36(33,34)24-8-9-27-25(15-24)26(16-28-32)29-30(27)18-21-10-12-35-13-11-21/h6-10,12,14-15,19,21H,5,11,13,16-18H2,1-4H3. The van der Waals surface area contributed by atoms with Crippen molar-refractivity contribution in [3.8, 4) is 0 Å². The summed E-state index contributed by atoms with van der Waals surface area (Å²) in [5.41, 5.74) is 4.17. The number of fused-ring (bicyclic) bond motifs is 1. The first kappa shape index (κ1) is 25.9. The fourth-order valence-electron chi connectivity index (χ4n) is 4.66. The molecule has 1 unspecified atom stereocenters. The Morgan fingerprint density at radius 2 is 2.03 bits per heavy atom. The molecule has 192 valence electrons. The van der Waals surface area contributed by atoms with E-state index in [1.54, 1.807) is 24.5 Å². The molecule has 1 aromatic heterocycles. The molecule has 0 saturated heterocycles. The van der Waals surface area contributed by atoms with Gasteiger partial charge in [0.2, 0.25) is 0 Å². The first-order valence-corrected chi connectivity index (χ1v) is 13.9. The maximum absolute atomic E-state index is 14.0. The fourth-order valence-corrected chi connectivity index (χ4v) is 6.31. The second-order valence-corrected chi connectivity index (χ2v) is 11.6. The Morgan fingerprint density at radius 3 is 2.67 bits per heavy atom. The van der Waals surface area contributed by atoms with Crippen LogP contribution in [0.25, 0.3) is 10.9 Å². The van der Waals surface area contributed by atoms with E-state index >= 15 is 0 Å². The highest BCUT2D eigenvalue weighted by Gasteiger charge is 2.27. The second-order valence-electron chi connectivity index (χ2n) is 9.74. The number of hydrogen-bond acceptors (Lipinski definition) is 6. The Balaban J connectivity index is 1.77. The van der Waals surface area contributed by atoms with Crippen LogP contribution in [0.3, 0.4) is 0 Å². The maximum atomic E-state index is 14.0. The van der Waals surface area contributed by atoms with Gasteiger partial charge in [-0.15, -0.1) is 0 Å². The van der Waals surface area contributed by atoms with Crippen LogP contribution in [0.15, 0.2) is 58.8 Å². The van der Waals surface area contributed by atoms with E-state index in [9.17, 15) is 13.3 Å². The van der Waals surface area contributed by atoms with E-state index in [0.717, 1.165) is 23.9 Å². The van der Waals surface area contributed by atoms with E-state index in [4.69, 9.17) is 4.74 Å². The predicted octanol–water partition coefficient (Wildman–Crippen LogP) is 5.58. The average Bonchev–Trinajstić information content (AvgIpc) is 3.19. The van der Waals surface area contributed by atoms with E-state index in [1.807, 2.05) is 49.7 Å². The van der Waals surface area contributed by atoms with Gasteiger partial charge < -0.3 is 4.74 Å². The van der Waals surface area contributed by atoms with E-state index < -0.39 is 10.0 Å². The number of nitroso groups, excluding NO2 is 1. The normalized spacial score (nSPS) is 15.9. The minimum absolute atomic E-state index is 0.121. The molecular weight excluding hydrogens is 476 g/mol. The van der Waals surface area contributed by atoms with Gasteiger partial charge in [0.05, 0.1) is 34.7 Å². The van der Waals surface area contributed by atoms with E-state index in [-0.39, 0.29) is 23.3 Å². The molecule has 9 heteroatoms. The van der Waals surface area contributed by atoms with Gasteiger partial charge in [0.25, 0.3) is 10.0 Å². The molecule has 4 rings (SSSR count). The third-order valence-corrected chi connectivity index (χ3v) is 8.38. The Bertz CT molecular complexity index is 1380. The highest BCUT2D eigenvalue weighted by atomic mass is 32.2. The molecule has 3 aromatic rings. The molecule has 0 radical (unpaired) electrons. The number of rotatable bonds is 10. The highest BCUT2D eigenvalue weighted by molar-refractivity contribution is 7.92. The molecule has 0 spiro atoms. The summed E-state index contributed by atoms with van der Waals surface area (Å²) in [5.74, 6) is 0.373. The number of nitrogens with zero attached hydrogens (tertiary/aromatic N) is 4. The van der Waals surface area contributed by atoms with Crippen molar-refractivity contribution in [1.29, 1.82) is 0 Å². The molecule has 1 atom stereocenters. The summed E-state index contributed by atoms with van der Waals surface area (Å²) >= 11 is 0. The molecule has 0 N–H and O–H groups in total. The summed E-state index contributed by atoms with van der Waals surface area (Å²) in [4.78, 5) is 11.3. The predicted molar refractivity (Wildman–Crippen MR) is 142 cm³/mol. The number of allylic oxidation sites excluding steroid dienone is 1. The lowest BCUT2D eigenvalue weighted by molar-refractivity contribution is 0.201. The molecule has 0 aliphatic carbocycles. The molecule has 36 heavy (non-hydrogen) atoms. The van der Waals surface area contributed by atoms with Gasteiger partial charge in [-0.3, -0.25) is 8.99 Å². The molecule has 0 saturated carbocycles. The molecule has 2 aromatic carbocycles. The maximum Gasteiger partial charge on any atom is 0.264 e. The third kappa shape index (κ3) is 5.31. The minimum atomic E-state index is -3.87. The minimum Gasteiger partial charge on any atom is -0.501 e. The van der Waals surface area contributed by atoms with Crippen molar-refractivity contribution in [3.63, 3.8) is 0 Å². The van der Waals surface area contributed by atoms with Crippen LogP contribution in [-0.4, -0.2) is 31.3 Å². The molecule has 1 aliphatic rings. The van der Waals surface area contributed by atoms with Crippen molar-refractivity contribution in [3.05, 3.63) is 70.5 Å². The lowest BCUT2D eigenvalue weighted by atomic mass is 10.1. The molecule has 8 nitrogen and oxygen atoms in total. The van der Waals surface area contributed by atoms with Crippen LogP contribution in [0, 0.1) is 23.7 Å². The van der Waals surface area contributed by atoms with Crippen LogP contribution in [0.4, 0.5) is 5.69 Å².